The number of hydrogen-bond acceptors (Lipinski definition) is 5. The van der Waals surface area contributed by atoms with Gasteiger partial charge in [0.15, 0.2) is 5.96 Å². The first-order valence-electron chi connectivity index (χ1n) is 7.22. The fourth-order valence-electron chi connectivity index (χ4n) is 3.10. The predicted molar refractivity (Wildman–Crippen MR) is 75.8 cm³/mol. The maximum atomic E-state index is 6.09. The molecule has 5 heteroatoms. The number of nitrogens with two attached hydrogens (primary N) is 1. The topological polar surface area (TPSA) is 56.9 Å². The molecule has 0 saturated carbocycles. The summed E-state index contributed by atoms with van der Waals surface area (Å²) in [5.41, 5.74) is 6.30. The number of guanidine groups is 1. The largest absolute Gasteiger partial charge is 0.370 e. The zero-order chi connectivity index (χ0) is 13.0. The first-order valence-corrected chi connectivity index (χ1v) is 7.22. The Labute approximate surface area is 110 Å². The second-order valence-corrected chi connectivity index (χ2v) is 5.33. The van der Waals surface area contributed by atoms with Gasteiger partial charge in [0.25, 0.3) is 0 Å². The molecular formula is C13H27N5. The molecule has 0 aromatic carbocycles. The van der Waals surface area contributed by atoms with E-state index >= 15 is 0 Å². The molecule has 2 heterocycles. The number of likely N-dealkylation sites (N-methyl/N-ethyl adjacent to an activating group) is 1. The summed E-state index contributed by atoms with van der Waals surface area (Å²) in [6, 6.07) is 0. The average molecular weight is 253 g/mol. The highest BCUT2D eigenvalue weighted by atomic mass is 15.4. The van der Waals surface area contributed by atoms with Crippen LogP contribution in [0.3, 0.4) is 0 Å². The van der Waals surface area contributed by atoms with Gasteiger partial charge in [-0.3, -0.25) is 4.99 Å². The van der Waals surface area contributed by atoms with E-state index in [1.807, 2.05) is 0 Å². The number of piperidine rings is 1. The van der Waals surface area contributed by atoms with E-state index in [1.54, 1.807) is 0 Å². The van der Waals surface area contributed by atoms with Crippen molar-refractivity contribution in [1.82, 2.24) is 15.1 Å². The van der Waals surface area contributed by atoms with Crippen LogP contribution >= 0.6 is 0 Å². The zero-order valence-electron chi connectivity index (χ0n) is 11.8. The second-order valence-electron chi connectivity index (χ2n) is 5.33. The molecule has 2 rings (SSSR count). The minimum Gasteiger partial charge on any atom is -0.370 e. The molecule has 2 aliphatic heterocycles. The highest BCUT2D eigenvalue weighted by Gasteiger charge is 2.42. The van der Waals surface area contributed by atoms with Crippen LogP contribution in [-0.4, -0.2) is 67.1 Å². The van der Waals surface area contributed by atoms with Crippen LogP contribution in [0.4, 0.5) is 0 Å². The summed E-state index contributed by atoms with van der Waals surface area (Å²) in [5, 5.41) is 3.43. The van der Waals surface area contributed by atoms with Crippen molar-refractivity contribution < 1.29 is 0 Å². The standard InChI is InChI=1S/C13H27N5/c1-3-17(4-2)9-10-18-12(14)16-11-13(18)5-7-15-8-6-13/h15H,3-11H2,1-2H3,(H2,14,16). The van der Waals surface area contributed by atoms with Crippen LogP contribution in [-0.2, 0) is 0 Å². The summed E-state index contributed by atoms with van der Waals surface area (Å²) in [6.07, 6.45) is 2.32. The van der Waals surface area contributed by atoms with E-state index in [-0.39, 0.29) is 5.54 Å². The summed E-state index contributed by atoms with van der Waals surface area (Å²) < 4.78 is 0. The number of nitrogens with one attached hydrogen (secondary N) is 1. The zero-order valence-corrected chi connectivity index (χ0v) is 11.8. The van der Waals surface area contributed by atoms with Gasteiger partial charge in [-0.25, -0.2) is 0 Å². The minimum absolute atomic E-state index is 0.211. The highest BCUT2D eigenvalue weighted by molar-refractivity contribution is 5.81. The number of rotatable bonds is 5. The third kappa shape index (κ3) is 2.62. The molecule has 0 unspecified atom stereocenters. The van der Waals surface area contributed by atoms with Gasteiger partial charge in [0.1, 0.15) is 0 Å². The first kappa shape index (κ1) is 13.6. The average Bonchev–Trinajstić information content (AvgIpc) is 2.69. The lowest BCUT2D eigenvalue weighted by molar-refractivity contribution is 0.135. The summed E-state index contributed by atoms with van der Waals surface area (Å²) >= 11 is 0. The molecule has 18 heavy (non-hydrogen) atoms. The first-order chi connectivity index (χ1) is 8.72. The minimum atomic E-state index is 0.211. The molecular weight excluding hydrogens is 226 g/mol. The van der Waals surface area contributed by atoms with Gasteiger partial charge in [-0.2, -0.15) is 0 Å². The Hall–Kier alpha value is -0.810. The van der Waals surface area contributed by atoms with E-state index in [2.05, 4.69) is 34.0 Å². The second kappa shape index (κ2) is 5.89. The van der Waals surface area contributed by atoms with Gasteiger partial charge < -0.3 is 20.9 Å². The van der Waals surface area contributed by atoms with Crippen molar-refractivity contribution in [2.75, 3.05) is 45.8 Å². The van der Waals surface area contributed by atoms with Gasteiger partial charge in [0.2, 0.25) is 0 Å². The van der Waals surface area contributed by atoms with Crippen LogP contribution < -0.4 is 11.1 Å². The predicted octanol–water partition coefficient (Wildman–Crippen LogP) is 0.0807. The SMILES string of the molecule is CCN(CC)CCN1C(N)=NCC12CCNCC2. The Morgan fingerprint density at radius 3 is 2.61 bits per heavy atom. The number of aliphatic imine (C=N–C) groups is 1. The summed E-state index contributed by atoms with van der Waals surface area (Å²) in [6.45, 7) is 11.8. The molecule has 104 valence electrons. The van der Waals surface area contributed by atoms with Crippen LogP contribution in [0.25, 0.3) is 0 Å². The van der Waals surface area contributed by atoms with Crippen molar-refractivity contribution in [3.8, 4) is 0 Å². The molecule has 0 bridgehead atoms. The Morgan fingerprint density at radius 1 is 1.33 bits per heavy atom. The Bertz CT molecular complexity index is 292. The van der Waals surface area contributed by atoms with Gasteiger partial charge in [-0.15, -0.1) is 0 Å². The quantitative estimate of drug-likeness (QED) is 0.728. The van der Waals surface area contributed by atoms with E-state index in [4.69, 9.17) is 5.73 Å². The van der Waals surface area contributed by atoms with Gasteiger partial charge in [0, 0.05) is 13.1 Å². The van der Waals surface area contributed by atoms with Gasteiger partial charge in [-0.1, -0.05) is 13.8 Å². The van der Waals surface area contributed by atoms with Crippen molar-refractivity contribution in [1.29, 1.82) is 0 Å². The highest BCUT2D eigenvalue weighted by Crippen LogP contribution is 2.30. The molecule has 1 fully saturated rings. The Kier molecular flexibility index (Phi) is 4.45. The lowest BCUT2D eigenvalue weighted by Crippen LogP contribution is -2.58. The van der Waals surface area contributed by atoms with Gasteiger partial charge in [0.05, 0.1) is 12.1 Å². The molecule has 5 nitrogen and oxygen atoms in total. The summed E-state index contributed by atoms with van der Waals surface area (Å²) in [5.74, 6) is 0.754. The fraction of sp³-hybridized carbons (Fsp3) is 0.923. The van der Waals surface area contributed by atoms with Crippen LogP contribution in [0.2, 0.25) is 0 Å². The summed E-state index contributed by atoms with van der Waals surface area (Å²) in [4.78, 5) is 9.31. The van der Waals surface area contributed by atoms with Crippen molar-refractivity contribution >= 4 is 5.96 Å². The van der Waals surface area contributed by atoms with Crippen molar-refractivity contribution in [2.24, 2.45) is 10.7 Å². The molecule has 3 N–H and O–H groups in total. The molecule has 1 saturated heterocycles. The fourth-order valence-corrected chi connectivity index (χ4v) is 3.10. The van der Waals surface area contributed by atoms with Crippen LogP contribution in [0.5, 0.6) is 0 Å². The van der Waals surface area contributed by atoms with Crippen molar-refractivity contribution in [3.05, 3.63) is 0 Å². The number of hydrogen-bond donors (Lipinski definition) is 2. The van der Waals surface area contributed by atoms with Gasteiger partial charge in [-0.05, 0) is 39.0 Å². The molecule has 1 spiro atoms. The van der Waals surface area contributed by atoms with Crippen LogP contribution in [0, 0.1) is 0 Å². The van der Waals surface area contributed by atoms with E-state index in [9.17, 15) is 0 Å². The smallest absolute Gasteiger partial charge is 0.191 e. The third-order valence-electron chi connectivity index (χ3n) is 4.45. The lowest BCUT2D eigenvalue weighted by Gasteiger charge is -2.43. The normalized spacial score (nSPS) is 22.8. The molecule has 0 aromatic rings. The molecule has 0 aromatic heterocycles. The van der Waals surface area contributed by atoms with Crippen molar-refractivity contribution in [3.63, 3.8) is 0 Å². The van der Waals surface area contributed by atoms with Crippen LogP contribution in [0.15, 0.2) is 4.99 Å². The Morgan fingerprint density at radius 2 is 2.00 bits per heavy atom. The van der Waals surface area contributed by atoms with E-state index in [0.717, 1.165) is 64.6 Å². The monoisotopic (exact) mass is 253 g/mol. The van der Waals surface area contributed by atoms with E-state index < -0.39 is 0 Å². The lowest BCUT2D eigenvalue weighted by atomic mass is 9.87. The van der Waals surface area contributed by atoms with Gasteiger partial charge >= 0.3 is 0 Å². The number of nitrogens with zero attached hydrogens (tertiary/aromatic N) is 3. The van der Waals surface area contributed by atoms with E-state index in [0.29, 0.717) is 0 Å². The maximum absolute atomic E-state index is 6.09. The molecule has 0 atom stereocenters. The molecule has 0 aliphatic carbocycles. The van der Waals surface area contributed by atoms with Crippen LogP contribution in [0.1, 0.15) is 26.7 Å². The molecule has 0 radical (unpaired) electrons. The van der Waals surface area contributed by atoms with E-state index in [1.165, 1.54) is 0 Å². The molecule has 2 aliphatic rings. The third-order valence-corrected chi connectivity index (χ3v) is 4.45. The maximum Gasteiger partial charge on any atom is 0.191 e. The molecule has 0 amide bonds. The Balaban J connectivity index is 1.96. The van der Waals surface area contributed by atoms with Crippen molar-refractivity contribution in [2.45, 2.75) is 32.2 Å². The summed E-state index contributed by atoms with van der Waals surface area (Å²) in [7, 11) is 0.